The summed E-state index contributed by atoms with van der Waals surface area (Å²) in [7, 11) is -2.89. The first-order chi connectivity index (χ1) is 14.7. The molecule has 2 heterocycles. The second-order valence-electron chi connectivity index (χ2n) is 7.58. The maximum absolute atomic E-state index is 13.4. The molecule has 2 aromatic rings. The van der Waals surface area contributed by atoms with Crippen molar-refractivity contribution in [2.75, 3.05) is 7.05 Å². The van der Waals surface area contributed by atoms with Gasteiger partial charge in [0, 0.05) is 18.8 Å². The molecule has 0 N–H and O–H groups in total. The molecule has 0 saturated carbocycles. The van der Waals surface area contributed by atoms with Crippen LogP contribution in [0, 0.1) is 5.92 Å². The van der Waals surface area contributed by atoms with Gasteiger partial charge in [-0.05, 0) is 38.5 Å². The first kappa shape index (κ1) is 24.5. The van der Waals surface area contributed by atoms with Crippen LogP contribution in [0.25, 0.3) is 0 Å². The Labute approximate surface area is 192 Å². The zero-order valence-corrected chi connectivity index (χ0v) is 19.7. The molecule has 1 aromatic carbocycles. The highest BCUT2D eigenvalue weighted by Gasteiger charge is 2.44. The fourth-order valence-electron chi connectivity index (χ4n) is 3.41. The van der Waals surface area contributed by atoms with Crippen molar-refractivity contribution in [3.05, 3.63) is 45.6 Å². The molecule has 2 atom stereocenters. The van der Waals surface area contributed by atoms with Crippen LogP contribution in [-0.4, -0.2) is 46.4 Å². The van der Waals surface area contributed by atoms with Crippen LogP contribution in [0.4, 0.5) is 19.0 Å². The zero-order valence-electron chi connectivity index (χ0n) is 17.4. The Morgan fingerprint density at radius 2 is 1.81 bits per heavy atom. The number of halogens is 5. The van der Waals surface area contributed by atoms with Crippen LogP contribution in [0.5, 0.6) is 0 Å². The summed E-state index contributed by atoms with van der Waals surface area (Å²) in [6.07, 6.45) is -4.74. The highest BCUT2D eigenvalue weighted by atomic mass is 35.5. The molecule has 1 aromatic heterocycles. The van der Waals surface area contributed by atoms with Crippen LogP contribution in [0.3, 0.4) is 0 Å². The minimum absolute atomic E-state index is 0.114. The summed E-state index contributed by atoms with van der Waals surface area (Å²) in [5, 5.41) is 3.07. The van der Waals surface area contributed by atoms with Gasteiger partial charge in [-0.1, -0.05) is 29.3 Å². The SMILES string of the molecule is CC1=Nc2cc(C(F)(F)F)nn2C(c2ccc(Cl)c(Cl)c2)C1C(=O)N(C)S(=O)(=O)C(C)C. The van der Waals surface area contributed by atoms with Gasteiger partial charge in [0.25, 0.3) is 0 Å². The topological polar surface area (TPSA) is 84.6 Å². The minimum Gasteiger partial charge on any atom is -0.273 e. The van der Waals surface area contributed by atoms with E-state index < -0.39 is 45.0 Å². The van der Waals surface area contributed by atoms with Crippen LogP contribution in [0.15, 0.2) is 29.3 Å². The van der Waals surface area contributed by atoms with Crippen molar-refractivity contribution in [1.29, 1.82) is 0 Å². The van der Waals surface area contributed by atoms with Crippen molar-refractivity contribution < 1.29 is 26.4 Å². The Kier molecular flexibility index (Phi) is 6.40. The number of benzene rings is 1. The fourth-order valence-corrected chi connectivity index (χ4v) is 4.72. The van der Waals surface area contributed by atoms with Gasteiger partial charge in [-0.3, -0.25) is 4.79 Å². The van der Waals surface area contributed by atoms with Crippen LogP contribution >= 0.6 is 23.2 Å². The second-order valence-corrected chi connectivity index (χ2v) is 10.9. The summed E-state index contributed by atoms with van der Waals surface area (Å²) in [5.41, 5.74) is -0.733. The Bertz CT molecular complexity index is 1210. The third-order valence-corrected chi connectivity index (χ3v) is 8.04. The van der Waals surface area contributed by atoms with Gasteiger partial charge in [0.1, 0.15) is 5.92 Å². The molecule has 3 rings (SSSR count). The monoisotopic (exact) mass is 510 g/mol. The summed E-state index contributed by atoms with van der Waals surface area (Å²) in [4.78, 5) is 17.5. The van der Waals surface area contributed by atoms with E-state index >= 15 is 0 Å². The number of hydrogen-bond donors (Lipinski definition) is 0. The molecule has 7 nitrogen and oxygen atoms in total. The summed E-state index contributed by atoms with van der Waals surface area (Å²) >= 11 is 12.1. The third-order valence-electron chi connectivity index (χ3n) is 5.17. The van der Waals surface area contributed by atoms with E-state index in [2.05, 4.69) is 10.1 Å². The van der Waals surface area contributed by atoms with Gasteiger partial charge in [0.15, 0.2) is 11.5 Å². The molecule has 0 aliphatic carbocycles. The molecule has 174 valence electrons. The first-order valence-corrected chi connectivity index (χ1v) is 11.6. The predicted octanol–water partition coefficient (Wildman–Crippen LogP) is 4.72. The molecular formula is C19H19Cl2F3N4O3S. The van der Waals surface area contributed by atoms with Crippen LogP contribution in [-0.2, 0) is 21.0 Å². The van der Waals surface area contributed by atoms with Gasteiger partial charge < -0.3 is 0 Å². The molecule has 1 aliphatic rings. The molecule has 1 aliphatic heterocycles. The Hall–Kier alpha value is -2.11. The van der Waals surface area contributed by atoms with E-state index in [1.165, 1.54) is 39.0 Å². The smallest absolute Gasteiger partial charge is 0.273 e. The Balaban J connectivity index is 2.22. The molecule has 0 radical (unpaired) electrons. The molecule has 0 saturated heterocycles. The molecule has 0 spiro atoms. The Morgan fingerprint density at radius 3 is 2.34 bits per heavy atom. The number of amides is 1. The Morgan fingerprint density at radius 1 is 1.19 bits per heavy atom. The largest absolute Gasteiger partial charge is 0.435 e. The highest BCUT2D eigenvalue weighted by molar-refractivity contribution is 7.90. The zero-order chi connectivity index (χ0) is 24.2. The van der Waals surface area contributed by atoms with Crippen LogP contribution in [0.2, 0.25) is 10.0 Å². The number of carbonyl (C=O) groups excluding carboxylic acids is 1. The van der Waals surface area contributed by atoms with E-state index in [4.69, 9.17) is 23.2 Å². The van der Waals surface area contributed by atoms with E-state index in [1.54, 1.807) is 0 Å². The van der Waals surface area contributed by atoms with E-state index in [0.717, 1.165) is 17.8 Å². The van der Waals surface area contributed by atoms with E-state index in [9.17, 15) is 26.4 Å². The number of hydrogen-bond acceptors (Lipinski definition) is 5. The number of aliphatic imine (C=N–C) groups is 1. The number of fused-ring (bicyclic) bond motifs is 1. The average molecular weight is 511 g/mol. The molecular weight excluding hydrogens is 492 g/mol. The third kappa shape index (κ3) is 4.25. The highest BCUT2D eigenvalue weighted by Crippen LogP contribution is 2.41. The van der Waals surface area contributed by atoms with Crippen molar-refractivity contribution in [3.8, 4) is 0 Å². The lowest BCUT2D eigenvalue weighted by Crippen LogP contribution is -2.47. The molecule has 2 unspecified atom stereocenters. The molecule has 13 heteroatoms. The van der Waals surface area contributed by atoms with Gasteiger partial charge in [0.2, 0.25) is 15.9 Å². The number of alkyl halides is 3. The molecule has 1 amide bonds. The minimum atomic E-state index is -4.74. The molecule has 32 heavy (non-hydrogen) atoms. The van der Waals surface area contributed by atoms with Gasteiger partial charge in [0.05, 0.1) is 21.3 Å². The van der Waals surface area contributed by atoms with Crippen molar-refractivity contribution in [3.63, 3.8) is 0 Å². The predicted molar refractivity (Wildman–Crippen MR) is 115 cm³/mol. The summed E-state index contributed by atoms with van der Waals surface area (Å²) in [6.45, 7) is 4.28. The van der Waals surface area contributed by atoms with Crippen LogP contribution in [0.1, 0.15) is 38.1 Å². The quantitative estimate of drug-likeness (QED) is 0.595. The standard InChI is InChI=1S/C19H19Cl2F3N4O3S/c1-9(2)32(30,31)27(4)18(29)16-10(3)25-15-8-14(19(22,23)24)26-28(15)17(16)11-5-6-12(20)13(21)7-11/h5-9,16-17H,1-4H3. The van der Waals surface area contributed by atoms with Gasteiger partial charge in [-0.25, -0.2) is 22.4 Å². The van der Waals surface area contributed by atoms with E-state index in [1.807, 2.05) is 0 Å². The number of carbonyl (C=O) groups is 1. The van der Waals surface area contributed by atoms with E-state index in [-0.39, 0.29) is 21.6 Å². The number of sulfonamides is 1. The maximum Gasteiger partial charge on any atom is 0.435 e. The van der Waals surface area contributed by atoms with Crippen molar-refractivity contribution in [1.82, 2.24) is 14.1 Å². The van der Waals surface area contributed by atoms with Gasteiger partial charge in [-0.2, -0.15) is 18.3 Å². The van der Waals surface area contributed by atoms with E-state index in [0.29, 0.717) is 9.87 Å². The number of rotatable bonds is 4. The second kappa shape index (κ2) is 8.35. The van der Waals surface area contributed by atoms with Crippen LogP contribution < -0.4 is 0 Å². The number of nitrogens with zero attached hydrogens (tertiary/aromatic N) is 4. The molecule has 0 bridgehead atoms. The average Bonchev–Trinajstić information content (AvgIpc) is 3.11. The van der Waals surface area contributed by atoms with Gasteiger partial charge >= 0.3 is 6.18 Å². The van der Waals surface area contributed by atoms with Gasteiger partial charge in [-0.15, -0.1) is 0 Å². The summed E-state index contributed by atoms with van der Waals surface area (Å²) in [5.74, 6) is -2.23. The lowest BCUT2D eigenvalue weighted by Gasteiger charge is -2.34. The van der Waals surface area contributed by atoms with Crippen molar-refractivity contribution in [2.24, 2.45) is 10.9 Å². The normalized spacial score (nSPS) is 19.0. The summed E-state index contributed by atoms with van der Waals surface area (Å²) < 4.78 is 66.8. The maximum atomic E-state index is 13.4. The fraction of sp³-hybridized carbons (Fsp3) is 0.421. The lowest BCUT2D eigenvalue weighted by atomic mass is 9.87. The summed E-state index contributed by atoms with van der Waals surface area (Å²) in [6, 6.07) is 3.97. The molecule has 0 fully saturated rings. The lowest BCUT2D eigenvalue weighted by molar-refractivity contribution is -0.141. The number of aromatic nitrogens is 2. The first-order valence-electron chi connectivity index (χ1n) is 9.34. The van der Waals surface area contributed by atoms with Crippen molar-refractivity contribution >= 4 is 50.7 Å². The van der Waals surface area contributed by atoms with Crippen molar-refractivity contribution in [2.45, 2.75) is 38.2 Å².